The number of benzene rings is 2. The van der Waals surface area contributed by atoms with Crippen molar-refractivity contribution >= 4 is 28.5 Å². The van der Waals surface area contributed by atoms with Gasteiger partial charge in [-0.2, -0.15) is 0 Å². The Morgan fingerprint density at radius 3 is 2.38 bits per heavy atom. The van der Waals surface area contributed by atoms with Gasteiger partial charge in [-0.25, -0.2) is 0 Å². The molecule has 0 radical (unpaired) electrons. The van der Waals surface area contributed by atoms with Gasteiger partial charge in [-0.1, -0.05) is 6.07 Å². The lowest BCUT2D eigenvalue weighted by atomic mass is 10.2. The van der Waals surface area contributed by atoms with Gasteiger partial charge in [0.25, 0.3) is 5.91 Å². The fourth-order valence-electron chi connectivity index (χ4n) is 2.09. The molecule has 0 saturated heterocycles. The summed E-state index contributed by atoms with van der Waals surface area (Å²) in [7, 11) is 3.17. The first kappa shape index (κ1) is 18.4. The Morgan fingerprint density at radius 1 is 1.08 bits per heavy atom. The summed E-state index contributed by atoms with van der Waals surface area (Å²) in [6.07, 6.45) is -0.579. The standard InChI is InChI=1S/C18H20INO4/c1-12(24-15-7-5-14(19)6-8-15)18(21)20-11-13-4-9-16(22-2)17(10-13)23-3/h4-10,12H,11H2,1-3H3,(H,20,21)/t12-/m0/s1. The highest BCUT2D eigenvalue weighted by molar-refractivity contribution is 14.1. The normalized spacial score (nSPS) is 11.5. The lowest BCUT2D eigenvalue weighted by Gasteiger charge is -2.15. The van der Waals surface area contributed by atoms with Crippen LogP contribution < -0.4 is 19.5 Å². The van der Waals surface area contributed by atoms with E-state index in [1.54, 1.807) is 21.1 Å². The summed E-state index contributed by atoms with van der Waals surface area (Å²) in [5.41, 5.74) is 0.919. The molecule has 0 heterocycles. The minimum Gasteiger partial charge on any atom is -0.493 e. The third-order valence-corrected chi connectivity index (χ3v) is 4.13. The van der Waals surface area contributed by atoms with Crippen LogP contribution in [-0.2, 0) is 11.3 Å². The Hall–Kier alpha value is -1.96. The monoisotopic (exact) mass is 441 g/mol. The highest BCUT2D eigenvalue weighted by atomic mass is 127. The van der Waals surface area contributed by atoms with E-state index in [0.29, 0.717) is 23.8 Å². The van der Waals surface area contributed by atoms with Gasteiger partial charge in [0, 0.05) is 10.1 Å². The largest absolute Gasteiger partial charge is 0.493 e. The summed E-state index contributed by atoms with van der Waals surface area (Å²) in [4.78, 5) is 12.2. The zero-order chi connectivity index (χ0) is 17.5. The summed E-state index contributed by atoms with van der Waals surface area (Å²) in [5.74, 6) is 1.78. The van der Waals surface area contributed by atoms with Gasteiger partial charge in [-0.05, 0) is 71.5 Å². The number of carbonyl (C=O) groups is 1. The lowest BCUT2D eigenvalue weighted by molar-refractivity contribution is -0.127. The molecular weight excluding hydrogens is 421 g/mol. The minimum absolute atomic E-state index is 0.177. The summed E-state index contributed by atoms with van der Waals surface area (Å²) in [6, 6.07) is 13.1. The van der Waals surface area contributed by atoms with E-state index in [1.807, 2.05) is 42.5 Å². The number of hydrogen-bond donors (Lipinski definition) is 1. The van der Waals surface area contributed by atoms with Crippen LogP contribution in [0.4, 0.5) is 0 Å². The van der Waals surface area contributed by atoms with Crippen molar-refractivity contribution in [3.05, 3.63) is 51.6 Å². The number of rotatable bonds is 7. The Bertz CT molecular complexity index is 688. The fourth-order valence-corrected chi connectivity index (χ4v) is 2.45. The van der Waals surface area contributed by atoms with Gasteiger partial charge in [0.2, 0.25) is 0 Å². The van der Waals surface area contributed by atoms with Gasteiger partial charge in [-0.3, -0.25) is 4.79 Å². The number of carbonyl (C=O) groups excluding carboxylic acids is 1. The predicted molar refractivity (Wildman–Crippen MR) is 101 cm³/mol. The van der Waals surface area contributed by atoms with Gasteiger partial charge < -0.3 is 19.5 Å². The molecule has 1 amide bonds. The van der Waals surface area contributed by atoms with E-state index >= 15 is 0 Å². The molecule has 1 atom stereocenters. The van der Waals surface area contributed by atoms with Gasteiger partial charge >= 0.3 is 0 Å². The van der Waals surface area contributed by atoms with Gasteiger partial charge in [0.05, 0.1) is 14.2 Å². The Morgan fingerprint density at radius 2 is 1.75 bits per heavy atom. The molecule has 2 aromatic carbocycles. The number of amides is 1. The molecule has 128 valence electrons. The lowest BCUT2D eigenvalue weighted by Crippen LogP contribution is -2.35. The van der Waals surface area contributed by atoms with Crippen LogP contribution in [-0.4, -0.2) is 26.2 Å². The van der Waals surface area contributed by atoms with Crippen LogP contribution in [0.3, 0.4) is 0 Å². The molecule has 0 bridgehead atoms. The second-order valence-corrected chi connectivity index (χ2v) is 6.37. The third-order valence-electron chi connectivity index (χ3n) is 3.41. The molecule has 0 spiro atoms. The second kappa shape index (κ2) is 8.77. The van der Waals surface area contributed by atoms with Crippen LogP contribution in [0.15, 0.2) is 42.5 Å². The maximum absolute atomic E-state index is 12.2. The number of methoxy groups -OCH3 is 2. The topological polar surface area (TPSA) is 56.8 Å². The van der Waals surface area contributed by atoms with Crippen molar-refractivity contribution in [3.63, 3.8) is 0 Å². The summed E-state index contributed by atoms with van der Waals surface area (Å²) >= 11 is 2.22. The van der Waals surface area contributed by atoms with E-state index in [2.05, 4.69) is 27.9 Å². The van der Waals surface area contributed by atoms with Crippen LogP contribution in [0.1, 0.15) is 12.5 Å². The fraction of sp³-hybridized carbons (Fsp3) is 0.278. The molecule has 0 fully saturated rings. The quantitative estimate of drug-likeness (QED) is 0.670. The molecule has 0 aliphatic carbocycles. The van der Waals surface area contributed by atoms with Crippen molar-refractivity contribution in [3.8, 4) is 17.2 Å². The van der Waals surface area contributed by atoms with E-state index in [-0.39, 0.29) is 5.91 Å². The Balaban J connectivity index is 1.91. The van der Waals surface area contributed by atoms with Gasteiger partial charge in [0.1, 0.15) is 5.75 Å². The van der Waals surface area contributed by atoms with Gasteiger partial charge in [-0.15, -0.1) is 0 Å². The van der Waals surface area contributed by atoms with E-state index in [1.165, 1.54) is 0 Å². The van der Waals surface area contributed by atoms with Crippen LogP contribution in [0.25, 0.3) is 0 Å². The van der Waals surface area contributed by atoms with Crippen molar-refractivity contribution in [2.45, 2.75) is 19.6 Å². The van der Waals surface area contributed by atoms with Gasteiger partial charge in [0.15, 0.2) is 17.6 Å². The smallest absolute Gasteiger partial charge is 0.261 e. The first-order valence-electron chi connectivity index (χ1n) is 7.44. The minimum atomic E-state index is -0.579. The van der Waals surface area contributed by atoms with Crippen LogP contribution in [0.2, 0.25) is 0 Å². The number of nitrogens with one attached hydrogen (secondary N) is 1. The average Bonchev–Trinajstić information content (AvgIpc) is 2.61. The zero-order valence-electron chi connectivity index (χ0n) is 13.8. The van der Waals surface area contributed by atoms with Crippen LogP contribution >= 0.6 is 22.6 Å². The molecule has 0 aliphatic rings. The summed E-state index contributed by atoms with van der Waals surface area (Å²) in [5, 5.41) is 2.86. The van der Waals surface area contributed by atoms with Crippen LogP contribution in [0, 0.1) is 3.57 Å². The molecule has 24 heavy (non-hydrogen) atoms. The highest BCUT2D eigenvalue weighted by Crippen LogP contribution is 2.27. The molecule has 1 N–H and O–H groups in total. The second-order valence-electron chi connectivity index (χ2n) is 5.12. The summed E-state index contributed by atoms with van der Waals surface area (Å²) < 4.78 is 17.2. The average molecular weight is 441 g/mol. The van der Waals surface area contributed by atoms with Crippen molar-refractivity contribution in [1.29, 1.82) is 0 Å². The molecule has 2 rings (SSSR count). The van der Waals surface area contributed by atoms with E-state index in [4.69, 9.17) is 14.2 Å². The highest BCUT2D eigenvalue weighted by Gasteiger charge is 2.14. The zero-order valence-corrected chi connectivity index (χ0v) is 16.0. The molecular formula is C18H20INO4. The molecule has 0 unspecified atom stereocenters. The van der Waals surface area contributed by atoms with Crippen molar-refractivity contribution in [1.82, 2.24) is 5.32 Å². The first-order valence-corrected chi connectivity index (χ1v) is 8.52. The number of halogens is 1. The first-order chi connectivity index (χ1) is 11.5. The third kappa shape index (κ3) is 5.02. The van der Waals surface area contributed by atoms with Crippen molar-refractivity contribution < 1.29 is 19.0 Å². The predicted octanol–water partition coefficient (Wildman–Crippen LogP) is 3.39. The Labute approximate surface area is 155 Å². The Kier molecular flexibility index (Phi) is 6.72. The number of ether oxygens (including phenoxy) is 3. The van der Waals surface area contributed by atoms with Crippen molar-refractivity contribution in [2.75, 3.05) is 14.2 Å². The molecule has 6 heteroatoms. The molecule has 0 aromatic heterocycles. The van der Waals surface area contributed by atoms with E-state index in [9.17, 15) is 4.79 Å². The van der Waals surface area contributed by atoms with E-state index < -0.39 is 6.10 Å². The van der Waals surface area contributed by atoms with Crippen molar-refractivity contribution in [2.24, 2.45) is 0 Å². The SMILES string of the molecule is COc1ccc(CNC(=O)[C@H](C)Oc2ccc(I)cc2)cc1OC. The molecule has 2 aromatic rings. The molecule has 0 aliphatic heterocycles. The molecule has 0 saturated carbocycles. The number of hydrogen-bond acceptors (Lipinski definition) is 4. The maximum atomic E-state index is 12.2. The maximum Gasteiger partial charge on any atom is 0.261 e. The summed E-state index contributed by atoms with van der Waals surface area (Å²) in [6.45, 7) is 2.11. The molecule has 5 nitrogen and oxygen atoms in total. The van der Waals surface area contributed by atoms with Crippen LogP contribution in [0.5, 0.6) is 17.2 Å². The van der Waals surface area contributed by atoms with E-state index in [0.717, 1.165) is 9.13 Å².